The average molecular weight is 499 g/mol. The van der Waals surface area contributed by atoms with E-state index in [9.17, 15) is 4.79 Å². The van der Waals surface area contributed by atoms with E-state index in [1.807, 2.05) is 28.9 Å². The second-order valence-corrected chi connectivity index (χ2v) is 10.5. The van der Waals surface area contributed by atoms with Gasteiger partial charge in [0, 0.05) is 30.5 Å². The summed E-state index contributed by atoms with van der Waals surface area (Å²) >= 11 is 0. The first kappa shape index (κ1) is 22.3. The number of amides is 2. The number of fused-ring (bicyclic) bond motifs is 2. The lowest BCUT2D eigenvalue weighted by Gasteiger charge is -2.34. The molecular weight excluding hydrogens is 468 g/mol. The quantitative estimate of drug-likeness (QED) is 0.427. The zero-order valence-electron chi connectivity index (χ0n) is 20.9. The molecule has 2 aliphatic heterocycles. The number of H-pyrrole nitrogens is 1. The third-order valence-electron chi connectivity index (χ3n) is 7.76. The molecule has 0 radical (unpaired) electrons. The monoisotopic (exact) mass is 498 g/mol. The highest BCUT2D eigenvalue weighted by Crippen LogP contribution is 2.40. The van der Waals surface area contributed by atoms with Crippen LogP contribution >= 0.6 is 0 Å². The van der Waals surface area contributed by atoms with E-state index in [4.69, 9.17) is 9.26 Å². The van der Waals surface area contributed by atoms with Crippen molar-refractivity contribution < 1.29 is 14.1 Å². The Morgan fingerprint density at radius 3 is 2.59 bits per heavy atom. The minimum atomic E-state index is 0.0708. The van der Waals surface area contributed by atoms with Crippen LogP contribution in [0.3, 0.4) is 0 Å². The van der Waals surface area contributed by atoms with Crippen molar-refractivity contribution in [2.75, 3.05) is 26.2 Å². The number of carbonyl (C=O) groups is 1. The number of benzene rings is 2. The lowest BCUT2D eigenvalue weighted by atomic mass is 9.96. The summed E-state index contributed by atoms with van der Waals surface area (Å²) in [5.74, 6) is 4.07. The van der Waals surface area contributed by atoms with Crippen molar-refractivity contribution in [3.05, 3.63) is 59.5 Å². The number of hydrogen-bond donors (Lipinski definition) is 1. The van der Waals surface area contributed by atoms with E-state index in [1.54, 1.807) is 0 Å². The fraction of sp³-hybridized carbons (Fsp3) is 0.429. The summed E-state index contributed by atoms with van der Waals surface area (Å²) in [6, 6.07) is 12.6. The first-order valence-corrected chi connectivity index (χ1v) is 13.2. The molecule has 9 nitrogen and oxygen atoms in total. The molecule has 4 heterocycles. The number of imidazole rings is 1. The lowest BCUT2D eigenvalue weighted by Crippen LogP contribution is -2.46. The highest BCUT2D eigenvalue weighted by Gasteiger charge is 2.33. The summed E-state index contributed by atoms with van der Waals surface area (Å²) < 4.78 is 11.5. The molecule has 7 rings (SSSR count). The predicted molar refractivity (Wildman–Crippen MR) is 137 cm³/mol. The molecule has 1 saturated carbocycles. The smallest absolute Gasteiger partial charge is 0.320 e. The number of hydrogen-bond acceptors (Lipinski definition) is 6. The number of ether oxygens (including phenoxy) is 1. The Kier molecular flexibility index (Phi) is 5.37. The van der Waals surface area contributed by atoms with Gasteiger partial charge in [0.1, 0.15) is 18.2 Å². The summed E-state index contributed by atoms with van der Waals surface area (Å²) in [7, 11) is 0. The number of aryl methyl sites for hydroxylation is 1. The second-order valence-electron chi connectivity index (χ2n) is 10.5. The van der Waals surface area contributed by atoms with Crippen LogP contribution in [-0.2, 0) is 6.54 Å². The van der Waals surface area contributed by atoms with E-state index in [2.05, 4.69) is 44.4 Å². The van der Waals surface area contributed by atoms with Gasteiger partial charge in [-0.25, -0.2) is 9.78 Å². The molecule has 0 spiro atoms. The van der Waals surface area contributed by atoms with Gasteiger partial charge in [0.2, 0.25) is 5.89 Å². The number of likely N-dealkylation sites (tertiary alicyclic amines) is 1. The van der Waals surface area contributed by atoms with E-state index < -0.39 is 0 Å². The second kappa shape index (κ2) is 8.90. The van der Waals surface area contributed by atoms with Crippen LogP contribution in [0.25, 0.3) is 22.2 Å². The number of nitrogens with one attached hydrogen (secondary N) is 1. The molecule has 37 heavy (non-hydrogen) atoms. The molecule has 1 saturated heterocycles. The van der Waals surface area contributed by atoms with Gasteiger partial charge < -0.3 is 24.0 Å². The number of urea groups is 1. The molecule has 2 fully saturated rings. The Morgan fingerprint density at radius 2 is 1.76 bits per heavy atom. The Labute approximate surface area is 214 Å². The molecule has 0 atom stereocenters. The number of nitrogens with zero attached hydrogens (tertiary/aromatic N) is 5. The Hall–Kier alpha value is -3.88. The standard InChI is InChI=1S/C28H30N6O3/c1-17-29-23-6-4-21(15-24(23)30-17)20-5-7-25-22(14-20)16-34(12-13-36-25)28(35)33-10-8-18(9-11-33)26-31-27(37-32-26)19-2-3-19/h4-7,14-15,18-19H,2-3,8-13,16H2,1H3,(H,29,30). The van der Waals surface area contributed by atoms with Crippen molar-refractivity contribution in [2.45, 2.75) is 51.0 Å². The summed E-state index contributed by atoms with van der Waals surface area (Å²) in [6.07, 6.45) is 4.02. The topological polar surface area (TPSA) is 100 Å². The van der Waals surface area contributed by atoms with Crippen molar-refractivity contribution in [1.82, 2.24) is 29.9 Å². The largest absolute Gasteiger partial charge is 0.491 e. The zero-order chi connectivity index (χ0) is 24.9. The Bertz CT molecular complexity index is 1460. The molecule has 0 bridgehead atoms. The van der Waals surface area contributed by atoms with Gasteiger partial charge in [-0.2, -0.15) is 4.98 Å². The van der Waals surface area contributed by atoms with Gasteiger partial charge in [-0.3, -0.25) is 0 Å². The van der Waals surface area contributed by atoms with E-state index >= 15 is 0 Å². The molecule has 9 heteroatoms. The van der Waals surface area contributed by atoms with Crippen LogP contribution in [0.5, 0.6) is 5.75 Å². The molecule has 3 aliphatic rings. The van der Waals surface area contributed by atoms with Gasteiger partial charge >= 0.3 is 6.03 Å². The maximum atomic E-state index is 13.5. The van der Waals surface area contributed by atoms with Gasteiger partial charge in [0.05, 0.1) is 24.1 Å². The molecule has 1 N–H and O–H groups in total. The minimum absolute atomic E-state index is 0.0708. The van der Waals surface area contributed by atoms with E-state index in [0.29, 0.717) is 38.7 Å². The molecule has 2 aromatic heterocycles. The van der Waals surface area contributed by atoms with Gasteiger partial charge in [-0.05, 0) is 68.0 Å². The van der Waals surface area contributed by atoms with E-state index in [0.717, 1.165) is 76.7 Å². The van der Waals surface area contributed by atoms with Gasteiger partial charge in [-0.15, -0.1) is 0 Å². The molecule has 4 aromatic rings. The predicted octanol–water partition coefficient (Wildman–Crippen LogP) is 4.99. The van der Waals surface area contributed by atoms with E-state index in [-0.39, 0.29) is 11.9 Å². The van der Waals surface area contributed by atoms with Crippen LogP contribution in [0.2, 0.25) is 0 Å². The molecule has 0 unspecified atom stereocenters. The molecule has 190 valence electrons. The van der Waals surface area contributed by atoms with Crippen LogP contribution in [0.15, 0.2) is 40.9 Å². The Morgan fingerprint density at radius 1 is 0.946 bits per heavy atom. The number of rotatable bonds is 3. The van der Waals surface area contributed by atoms with Gasteiger partial charge in [0.25, 0.3) is 0 Å². The third-order valence-corrected chi connectivity index (χ3v) is 7.76. The lowest BCUT2D eigenvalue weighted by molar-refractivity contribution is 0.133. The molecule has 2 amide bonds. The van der Waals surface area contributed by atoms with Crippen molar-refractivity contribution in [3.63, 3.8) is 0 Å². The maximum Gasteiger partial charge on any atom is 0.320 e. The zero-order valence-corrected chi connectivity index (χ0v) is 20.9. The third kappa shape index (κ3) is 4.32. The van der Waals surface area contributed by atoms with Crippen LogP contribution in [-0.4, -0.2) is 62.2 Å². The van der Waals surface area contributed by atoms with Gasteiger partial charge in [0.15, 0.2) is 5.82 Å². The van der Waals surface area contributed by atoms with Crippen molar-refractivity contribution in [3.8, 4) is 16.9 Å². The molecule has 1 aliphatic carbocycles. The SMILES string of the molecule is Cc1nc2ccc(-c3ccc4c(c3)CN(C(=O)N3CCC(c5noc(C6CC6)n5)CC3)CCO4)cc2[nH]1. The summed E-state index contributed by atoms with van der Waals surface area (Å²) in [5.41, 5.74) is 5.21. The van der Waals surface area contributed by atoms with Crippen LogP contribution < -0.4 is 4.74 Å². The van der Waals surface area contributed by atoms with E-state index in [1.165, 1.54) is 0 Å². The highest BCUT2D eigenvalue weighted by atomic mass is 16.5. The van der Waals surface area contributed by atoms with Crippen molar-refractivity contribution in [2.24, 2.45) is 0 Å². The Balaban J connectivity index is 1.05. The summed E-state index contributed by atoms with van der Waals surface area (Å²) in [4.78, 5) is 29.8. The first-order chi connectivity index (χ1) is 18.1. The van der Waals surface area contributed by atoms with Crippen molar-refractivity contribution >= 4 is 17.1 Å². The van der Waals surface area contributed by atoms with Gasteiger partial charge in [-0.1, -0.05) is 17.3 Å². The van der Waals surface area contributed by atoms with Crippen molar-refractivity contribution in [1.29, 1.82) is 0 Å². The first-order valence-electron chi connectivity index (χ1n) is 13.2. The summed E-state index contributed by atoms with van der Waals surface area (Å²) in [5, 5.41) is 4.23. The number of aromatic amines is 1. The van der Waals surface area contributed by atoms with Crippen LogP contribution in [0.1, 0.15) is 60.6 Å². The minimum Gasteiger partial charge on any atom is -0.491 e. The average Bonchev–Trinajstić information content (AvgIpc) is 3.59. The van der Waals surface area contributed by atoms with Crippen LogP contribution in [0.4, 0.5) is 4.79 Å². The highest BCUT2D eigenvalue weighted by molar-refractivity contribution is 5.82. The maximum absolute atomic E-state index is 13.5. The van der Waals surface area contributed by atoms with Crippen LogP contribution in [0, 0.1) is 6.92 Å². The number of aromatic nitrogens is 4. The molecular formula is C28H30N6O3. The fourth-order valence-electron chi connectivity index (χ4n) is 5.49. The number of carbonyl (C=O) groups excluding carboxylic acids is 1. The molecule has 2 aromatic carbocycles. The number of piperidine rings is 1. The summed E-state index contributed by atoms with van der Waals surface area (Å²) in [6.45, 7) is 4.94. The fourth-order valence-corrected chi connectivity index (χ4v) is 5.49. The normalized spacial score (nSPS) is 18.5.